The first-order valence-corrected chi connectivity index (χ1v) is 5.94. The molecule has 0 aliphatic rings. The zero-order valence-corrected chi connectivity index (χ0v) is 10.2. The number of halogens is 3. The first-order chi connectivity index (χ1) is 6.63. The molecule has 2 N–H and O–H groups in total. The van der Waals surface area contributed by atoms with Crippen LogP contribution >= 0.6 is 46.6 Å². The van der Waals surface area contributed by atoms with Crippen LogP contribution in [0.25, 0.3) is 0 Å². The molecule has 14 heavy (non-hydrogen) atoms. The van der Waals surface area contributed by atoms with Gasteiger partial charge in [-0.25, -0.2) is 0 Å². The normalized spacial score (nSPS) is 11.8. The minimum absolute atomic E-state index is 0.556. The zero-order chi connectivity index (χ0) is 10.6. The van der Waals surface area contributed by atoms with Gasteiger partial charge in [-0.2, -0.15) is 0 Å². The minimum atomic E-state index is 0.556. The third kappa shape index (κ3) is 3.62. The molecule has 0 radical (unpaired) electrons. The highest BCUT2D eigenvalue weighted by molar-refractivity contribution is 7.99. The second-order valence-electron chi connectivity index (χ2n) is 2.53. The molecule has 0 heterocycles. The molecule has 1 rings (SSSR count). The van der Waals surface area contributed by atoms with E-state index < -0.39 is 0 Å². The molecule has 0 saturated heterocycles. The van der Waals surface area contributed by atoms with Gasteiger partial charge in [0.1, 0.15) is 0 Å². The van der Waals surface area contributed by atoms with E-state index >= 15 is 0 Å². The molecule has 0 atom stereocenters. The van der Waals surface area contributed by atoms with E-state index in [1.54, 1.807) is 23.9 Å². The van der Waals surface area contributed by atoms with Crippen molar-refractivity contribution < 1.29 is 0 Å². The minimum Gasteiger partial charge on any atom is -0.398 e. The highest BCUT2D eigenvalue weighted by Crippen LogP contribution is 2.28. The number of thioether (sulfide) groups is 1. The summed E-state index contributed by atoms with van der Waals surface area (Å²) < 4.78 is 0. The molecule has 0 aliphatic heterocycles. The highest BCUT2D eigenvalue weighted by atomic mass is 35.5. The van der Waals surface area contributed by atoms with E-state index in [4.69, 9.17) is 40.5 Å². The smallest absolute Gasteiger partial charge is 0.0646 e. The van der Waals surface area contributed by atoms with Crippen molar-refractivity contribution in [2.24, 2.45) is 0 Å². The maximum Gasteiger partial charge on any atom is 0.0646 e. The topological polar surface area (TPSA) is 26.0 Å². The van der Waals surface area contributed by atoms with Crippen LogP contribution in [0.15, 0.2) is 33.7 Å². The Morgan fingerprint density at radius 1 is 1.50 bits per heavy atom. The Bertz CT molecular complexity index is 352. The van der Waals surface area contributed by atoms with Crippen LogP contribution in [-0.4, -0.2) is 5.75 Å². The Labute approximate surface area is 102 Å². The Kier molecular flexibility index (Phi) is 4.96. The van der Waals surface area contributed by atoms with Crippen molar-refractivity contribution in [1.82, 2.24) is 0 Å². The molecule has 0 fully saturated rings. The number of hydrogen-bond acceptors (Lipinski definition) is 2. The Morgan fingerprint density at radius 2 is 2.21 bits per heavy atom. The van der Waals surface area contributed by atoms with Gasteiger partial charge in [0.15, 0.2) is 0 Å². The summed E-state index contributed by atoms with van der Waals surface area (Å²) in [6.07, 6.45) is 0. The van der Waals surface area contributed by atoms with Crippen molar-refractivity contribution in [1.29, 1.82) is 0 Å². The van der Waals surface area contributed by atoms with E-state index in [2.05, 4.69) is 0 Å². The van der Waals surface area contributed by atoms with Gasteiger partial charge in [0.25, 0.3) is 0 Å². The molecule has 5 heteroatoms. The molecule has 0 aromatic heterocycles. The summed E-state index contributed by atoms with van der Waals surface area (Å²) >= 11 is 18.6. The number of benzene rings is 1. The van der Waals surface area contributed by atoms with E-state index in [1.165, 1.54) is 5.54 Å². The molecular weight excluding hydrogens is 261 g/mol. The fourth-order valence-corrected chi connectivity index (χ4v) is 2.11. The SMILES string of the molecule is Nc1ccc(SCC(Cl)=CCl)cc1Cl. The number of nitrogens with two attached hydrogens (primary N) is 1. The highest BCUT2D eigenvalue weighted by Gasteiger charge is 2.00. The second-order valence-corrected chi connectivity index (χ2v) is 4.69. The van der Waals surface area contributed by atoms with Crippen LogP contribution in [-0.2, 0) is 0 Å². The van der Waals surface area contributed by atoms with Crippen LogP contribution in [0.3, 0.4) is 0 Å². The molecule has 1 aromatic carbocycles. The van der Waals surface area contributed by atoms with Crippen molar-refractivity contribution in [3.63, 3.8) is 0 Å². The lowest BCUT2D eigenvalue weighted by molar-refractivity contribution is 1.46. The van der Waals surface area contributed by atoms with E-state index in [9.17, 15) is 0 Å². The summed E-state index contributed by atoms with van der Waals surface area (Å²) in [5.74, 6) is 0.630. The van der Waals surface area contributed by atoms with E-state index in [0.29, 0.717) is 21.5 Å². The largest absolute Gasteiger partial charge is 0.398 e. The summed E-state index contributed by atoms with van der Waals surface area (Å²) in [5.41, 5.74) is 7.50. The monoisotopic (exact) mass is 267 g/mol. The molecule has 0 amide bonds. The molecule has 0 bridgehead atoms. The molecular formula is C9H8Cl3NS. The van der Waals surface area contributed by atoms with E-state index in [1.807, 2.05) is 6.07 Å². The molecule has 0 spiro atoms. The Balaban J connectivity index is 2.64. The van der Waals surface area contributed by atoms with Gasteiger partial charge in [-0.15, -0.1) is 11.8 Å². The standard InChI is InChI=1S/C9H8Cl3NS/c10-4-6(11)5-14-7-1-2-9(13)8(12)3-7/h1-4H,5,13H2. The van der Waals surface area contributed by atoms with Crippen LogP contribution < -0.4 is 5.73 Å². The van der Waals surface area contributed by atoms with Gasteiger partial charge in [0, 0.05) is 21.2 Å². The predicted octanol–water partition coefficient (Wildman–Crippen LogP) is 4.33. The van der Waals surface area contributed by atoms with Crippen molar-refractivity contribution in [3.05, 3.63) is 33.8 Å². The fraction of sp³-hybridized carbons (Fsp3) is 0.111. The van der Waals surface area contributed by atoms with E-state index in [0.717, 1.165) is 4.90 Å². The van der Waals surface area contributed by atoms with Crippen LogP contribution in [0, 0.1) is 0 Å². The summed E-state index contributed by atoms with van der Waals surface area (Å²) in [6, 6.07) is 5.47. The van der Waals surface area contributed by atoms with Gasteiger partial charge in [0.2, 0.25) is 0 Å². The predicted molar refractivity (Wildman–Crippen MR) is 66.4 cm³/mol. The summed E-state index contributed by atoms with van der Waals surface area (Å²) in [7, 11) is 0. The van der Waals surface area contributed by atoms with Gasteiger partial charge in [-0.1, -0.05) is 34.8 Å². The maximum absolute atomic E-state index is 5.85. The van der Waals surface area contributed by atoms with Gasteiger partial charge in [-0.05, 0) is 18.2 Å². The molecule has 0 saturated carbocycles. The summed E-state index contributed by atoms with van der Waals surface area (Å²) in [6.45, 7) is 0. The van der Waals surface area contributed by atoms with Crippen molar-refractivity contribution in [2.45, 2.75) is 4.90 Å². The fourth-order valence-electron chi connectivity index (χ4n) is 0.781. The lowest BCUT2D eigenvalue weighted by Gasteiger charge is -2.02. The number of anilines is 1. The van der Waals surface area contributed by atoms with Crippen LogP contribution in [0.4, 0.5) is 5.69 Å². The van der Waals surface area contributed by atoms with E-state index in [-0.39, 0.29) is 0 Å². The number of rotatable bonds is 3. The second kappa shape index (κ2) is 5.76. The third-order valence-corrected chi connectivity index (χ3v) is 3.61. The third-order valence-electron chi connectivity index (χ3n) is 1.47. The number of hydrogen-bond donors (Lipinski definition) is 1. The van der Waals surface area contributed by atoms with Crippen molar-refractivity contribution >= 4 is 52.3 Å². The van der Waals surface area contributed by atoms with Crippen LogP contribution in [0.5, 0.6) is 0 Å². The number of nitrogen functional groups attached to an aromatic ring is 1. The molecule has 76 valence electrons. The molecule has 0 unspecified atom stereocenters. The molecule has 0 aliphatic carbocycles. The Morgan fingerprint density at radius 3 is 2.79 bits per heavy atom. The van der Waals surface area contributed by atoms with Crippen molar-refractivity contribution in [3.8, 4) is 0 Å². The zero-order valence-electron chi connectivity index (χ0n) is 7.14. The van der Waals surface area contributed by atoms with Crippen molar-refractivity contribution in [2.75, 3.05) is 11.5 Å². The average Bonchev–Trinajstić information content (AvgIpc) is 2.19. The lowest BCUT2D eigenvalue weighted by Crippen LogP contribution is -1.86. The van der Waals surface area contributed by atoms with Gasteiger partial charge < -0.3 is 5.73 Å². The average molecular weight is 269 g/mol. The quantitative estimate of drug-likeness (QED) is 0.652. The lowest BCUT2D eigenvalue weighted by atomic mass is 10.3. The van der Waals surface area contributed by atoms with Crippen LogP contribution in [0.1, 0.15) is 0 Å². The van der Waals surface area contributed by atoms with Crippen LogP contribution in [0.2, 0.25) is 5.02 Å². The first kappa shape index (κ1) is 12.1. The van der Waals surface area contributed by atoms with Gasteiger partial charge >= 0.3 is 0 Å². The van der Waals surface area contributed by atoms with Gasteiger partial charge in [0.05, 0.1) is 10.7 Å². The Hall–Kier alpha value is -0.0200. The maximum atomic E-state index is 5.85. The summed E-state index contributed by atoms with van der Waals surface area (Å²) in [5, 5.41) is 1.16. The molecule has 1 nitrogen and oxygen atoms in total. The van der Waals surface area contributed by atoms with Gasteiger partial charge in [-0.3, -0.25) is 0 Å². The molecule has 1 aromatic rings. The first-order valence-electron chi connectivity index (χ1n) is 3.76. The summed E-state index contributed by atoms with van der Waals surface area (Å²) in [4.78, 5) is 1.01.